The lowest BCUT2D eigenvalue weighted by Gasteiger charge is -2.25. The molecule has 1 aromatic rings. The normalized spacial score (nSPS) is 16.7. The largest absolute Gasteiger partial charge is 0.339 e. The molecule has 1 aromatic carbocycles. The van der Waals surface area contributed by atoms with E-state index in [4.69, 9.17) is 0 Å². The van der Waals surface area contributed by atoms with E-state index in [2.05, 4.69) is 15.9 Å². The predicted molar refractivity (Wildman–Crippen MR) is 68.4 cm³/mol. The van der Waals surface area contributed by atoms with Gasteiger partial charge in [0.1, 0.15) is 5.82 Å². The van der Waals surface area contributed by atoms with Crippen molar-refractivity contribution in [3.8, 4) is 0 Å². The molecule has 0 heterocycles. The van der Waals surface area contributed by atoms with Crippen molar-refractivity contribution in [2.24, 2.45) is 5.92 Å². The van der Waals surface area contributed by atoms with Crippen molar-refractivity contribution >= 4 is 21.8 Å². The van der Waals surface area contributed by atoms with Gasteiger partial charge in [0.25, 0.3) is 5.91 Å². The zero-order valence-electron chi connectivity index (χ0n) is 9.91. The lowest BCUT2D eigenvalue weighted by atomic mass is 10.1. The Bertz CT molecular complexity index is 445. The predicted octanol–water partition coefficient (Wildman–Crippen LogP) is 3.46. The van der Waals surface area contributed by atoms with E-state index in [1.165, 1.54) is 18.9 Å². The summed E-state index contributed by atoms with van der Waals surface area (Å²) in [5.41, 5.74) is 0.403. The van der Waals surface area contributed by atoms with Gasteiger partial charge in [-0.15, -0.1) is 0 Å². The van der Waals surface area contributed by atoms with Crippen molar-refractivity contribution in [1.29, 1.82) is 0 Å². The maximum atomic E-state index is 13.4. The molecule has 0 spiro atoms. The number of hydrogen-bond acceptors (Lipinski definition) is 1. The van der Waals surface area contributed by atoms with E-state index in [0.29, 0.717) is 16.0 Å². The van der Waals surface area contributed by atoms with E-state index in [-0.39, 0.29) is 11.9 Å². The number of nitrogens with zero attached hydrogens (tertiary/aromatic N) is 1. The molecule has 0 saturated heterocycles. The van der Waals surface area contributed by atoms with E-state index in [9.17, 15) is 9.18 Å². The summed E-state index contributed by atoms with van der Waals surface area (Å²) >= 11 is 3.08. The number of carbonyl (C=O) groups excluding carboxylic acids is 1. The molecule has 2 nitrogen and oxygen atoms in total. The molecule has 1 saturated carbocycles. The average molecular weight is 300 g/mol. The van der Waals surface area contributed by atoms with Gasteiger partial charge in [0.05, 0.1) is 4.47 Å². The maximum absolute atomic E-state index is 13.4. The summed E-state index contributed by atoms with van der Waals surface area (Å²) in [5, 5.41) is 0. The van der Waals surface area contributed by atoms with Gasteiger partial charge in [-0.1, -0.05) is 0 Å². The van der Waals surface area contributed by atoms with Crippen LogP contribution in [0.25, 0.3) is 0 Å². The zero-order valence-corrected chi connectivity index (χ0v) is 11.5. The van der Waals surface area contributed by atoms with Gasteiger partial charge >= 0.3 is 0 Å². The highest BCUT2D eigenvalue weighted by atomic mass is 79.9. The Balaban J connectivity index is 2.15. The van der Waals surface area contributed by atoms with Gasteiger partial charge < -0.3 is 4.90 Å². The fraction of sp³-hybridized carbons (Fsp3) is 0.462. The smallest absolute Gasteiger partial charge is 0.253 e. The Labute approximate surface area is 109 Å². The Morgan fingerprint density at radius 2 is 2.18 bits per heavy atom. The van der Waals surface area contributed by atoms with Crippen LogP contribution < -0.4 is 0 Å². The van der Waals surface area contributed by atoms with Crippen LogP contribution in [-0.2, 0) is 0 Å². The second kappa shape index (κ2) is 4.77. The number of carbonyl (C=O) groups is 1. The molecule has 1 fully saturated rings. The lowest BCUT2D eigenvalue weighted by molar-refractivity contribution is 0.0727. The van der Waals surface area contributed by atoms with Gasteiger partial charge in [0, 0.05) is 18.7 Å². The summed E-state index contributed by atoms with van der Waals surface area (Å²) < 4.78 is 13.7. The molecule has 0 bridgehead atoms. The van der Waals surface area contributed by atoms with E-state index in [0.717, 1.165) is 0 Å². The highest BCUT2D eigenvalue weighted by Gasteiger charge is 2.32. The van der Waals surface area contributed by atoms with Crippen LogP contribution in [0, 0.1) is 11.7 Å². The summed E-state index contributed by atoms with van der Waals surface area (Å²) in [6.45, 7) is 2.05. The van der Waals surface area contributed by atoms with Crippen LogP contribution in [0.5, 0.6) is 0 Å². The molecule has 0 aliphatic heterocycles. The van der Waals surface area contributed by atoms with Crippen molar-refractivity contribution < 1.29 is 9.18 Å². The van der Waals surface area contributed by atoms with E-state index >= 15 is 0 Å². The van der Waals surface area contributed by atoms with Crippen LogP contribution in [0.4, 0.5) is 4.39 Å². The summed E-state index contributed by atoms with van der Waals surface area (Å²) in [4.78, 5) is 13.8. The van der Waals surface area contributed by atoms with E-state index in [1.54, 1.807) is 24.1 Å². The van der Waals surface area contributed by atoms with Crippen molar-refractivity contribution in [2.75, 3.05) is 7.05 Å². The third kappa shape index (κ3) is 2.68. The van der Waals surface area contributed by atoms with Gasteiger partial charge in [0.15, 0.2) is 0 Å². The van der Waals surface area contributed by atoms with Crippen LogP contribution in [-0.4, -0.2) is 23.9 Å². The number of amides is 1. The standard InChI is InChI=1S/C13H15BrFNO/c1-8(9-3-4-9)16(2)13(17)10-5-6-11(14)12(15)7-10/h5-9H,3-4H2,1-2H3. The molecule has 1 unspecified atom stereocenters. The molecule has 1 amide bonds. The molecule has 1 aliphatic carbocycles. The highest BCUT2D eigenvalue weighted by Crippen LogP contribution is 2.35. The van der Waals surface area contributed by atoms with Crippen LogP contribution in [0.15, 0.2) is 22.7 Å². The number of hydrogen-bond donors (Lipinski definition) is 0. The first-order chi connectivity index (χ1) is 8.00. The van der Waals surface area contributed by atoms with Crippen molar-refractivity contribution in [1.82, 2.24) is 4.90 Å². The molecular formula is C13H15BrFNO. The van der Waals surface area contributed by atoms with Crippen molar-refractivity contribution in [3.05, 3.63) is 34.1 Å². The first-order valence-electron chi connectivity index (χ1n) is 5.73. The second-order valence-corrected chi connectivity index (χ2v) is 5.48. The molecule has 2 rings (SSSR count). The van der Waals surface area contributed by atoms with Gasteiger partial charge in [-0.25, -0.2) is 4.39 Å². The number of benzene rings is 1. The Morgan fingerprint density at radius 3 is 2.71 bits per heavy atom. The van der Waals surface area contributed by atoms with Gasteiger partial charge in [0.2, 0.25) is 0 Å². The van der Waals surface area contributed by atoms with Gasteiger partial charge in [-0.05, 0) is 59.8 Å². The van der Waals surface area contributed by atoms with Gasteiger partial charge in [-0.2, -0.15) is 0 Å². The number of halogens is 2. The van der Waals surface area contributed by atoms with Crippen LogP contribution >= 0.6 is 15.9 Å². The third-order valence-corrected chi connectivity index (χ3v) is 4.05. The number of rotatable bonds is 3. The highest BCUT2D eigenvalue weighted by molar-refractivity contribution is 9.10. The molecule has 17 heavy (non-hydrogen) atoms. The van der Waals surface area contributed by atoms with Crippen molar-refractivity contribution in [2.45, 2.75) is 25.8 Å². The summed E-state index contributed by atoms with van der Waals surface area (Å²) in [6, 6.07) is 4.72. The molecule has 0 N–H and O–H groups in total. The first kappa shape index (κ1) is 12.6. The average Bonchev–Trinajstić information content (AvgIpc) is 3.14. The summed E-state index contributed by atoms with van der Waals surface area (Å²) in [7, 11) is 1.78. The van der Waals surface area contributed by atoms with Crippen LogP contribution in [0.2, 0.25) is 0 Å². The Hall–Kier alpha value is -0.900. The fourth-order valence-corrected chi connectivity index (χ4v) is 2.16. The van der Waals surface area contributed by atoms with Crippen molar-refractivity contribution in [3.63, 3.8) is 0 Å². The lowest BCUT2D eigenvalue weighted by Crippen LogP contribution is -2.36. The molecule has 92 valence electrons. The molecule has 1 atom stereocenters. The quantitative estimate of drug-likeness (QED) is 0.837. The van der Waals surface area contributed by atoms with E-state index in [1.807, 2.05) is 6.92 Å². The first-order valence-corrected chi connectivity index (χ1v) is 6.52. The topological polar surface area (TPSA) is 20.3 Å². The minimum absolute atomic E-state index is 0.115. The van der Waals surface area contributed by atoms with Crippen LogP contribution in [0.3, 0.4) is 0 Å². The molecule has 1 aliphatic rings. The third-order valence-electron chi connectivity index (χ3n) is 3.40. The molecular weight excluding hydrogens is 285 g/mol. The fourth-order valence-electron chi connectivity index (χ4n) is 1.91. The van der Waals surface area contributed by atoms with Gasteiger partial charge in [-0.3, -0.25) is 4.79 Å². The molecule has 0 aromatic heterocycles. The Morgan fingerprint density at radius 1 is 1.53 bits per heavy atom. The van der Waals surface area contributed by atoms with Crippen LogP contribution in [0.1, 0.15) is 30.1 Å². The monoisotopic (exact) mass is 299 g/mol. The SMILES string of the molecule is CC(C1CC1)N(C)C(=O)c1ccc(Br)c(F)c1. The molecule has 0 radical (unpaired) electrons. The van der Waals surface area contributed by atoms with E-state index < -0.39 is 5.82 Å². The minimum Gasteiger partial charge on any atom is -0.339 e. The second-order valence-electron chi connectivity index (χ2n) is 4.62. The minimum atomic E-state index is -0.400. The summed E-state index contributed by atoms with van der Waals surface area (Å²) in [6.07, 6.45) is 2.38. The molecule has 4 heteroatoms. The zero-order chi connectivity index (χ0) is 12.6. The maximum Gasteiger partial charge on any atom is 0.253 e. The Kier molecular flexibility index (Phi) is 3.52. The summed E-state index contributed by atoms with van der Waals surface area (Å²) in [5.74, 6) is 0.100.